The van der Waals surface area contributed by atoms with Crippen LogP contribution in [0.5, 0.6) is 0 Å². The molecular formula is C25H17N3O2. The Balaban J connectivity index is 1.83. The lowest BCUT2D eigenvalue weighted by Crippen LogP contribution is -2.53. The second kappa shape index (κ2) is 5.94. The van der Waals surface area contributed by atoms with E-state index in [1.54, 1.807) is 6.07 Å². The molecule has 0 saturated heterocycles. The van der Waals surface area contributed by atoms with Crippen molar-refractivity contribution < 1.29 is 9.59 Å². The number of aromatic nitrogens is 2. The van der Waals surface area contributed by atoms with Crippen LogP contribution in [0.4, 0.5) is 0 Å². The first kappa shape index (κ1) is 16.8. The Hall–Kier alpha value is -4.12. The number of nitrogens with one attached hydrogen (secondary N) is 3. The molecule has 5 aromatic rings. The summed E-state index contributed by atoms with van der Waals surface area (Å²) in [5.41, 5.74) is 3.54. The number of para-hydroxylation sites is 2. The average molecular weight is 391 g/mol. The standard InChI is InChI=1S/C25H17N3O2/c29-23-17-9-1-4-10-18(17)25(24(30)28-23,19-13-26-21-11-5-2-7-15(19)21)20-14-27-22-12-6-3-8-16(20)22/h1-14,26-27H,(H,28,29,30). The summed E-state index contributed by atoms with van der Waals surface area (Å²) in [5, 5.41) is 4.52. The Morgan fingerprint density at radius 1 is 0.600 bits per heavy atom. The first-order valence-electron chi connectivity index (χ1n) is 9.79. The quantitative estimate of drug-likeness (QED) is 0.393. The molecule has 3 heterocycles. The minimum atomic E-state index is -1.18. The van der Waals surface area contributed by atoms with E-state index in [0.29, 0.717) is 11.1 Å². The molecule has 3 N–H and O–H groups in total. The van der Waals surface area contributed by atoms with Crippen molar-refractivity contribution in [2.45, 2.75) is 5.41 Å². The summed E-state index contributed by atoms with van der Waals surface area (Å²) >= 11 is 0. The van der Waals surface area contributed by atoms with Crippen molar-refractivity contribution in [2.24, 2.45) is 0 Å². The molecule has 5 heteroatoms. The highest BCUT2D eigenvalue weighted by atomic mass is 16.2. The summed E-state index contributed by atoms with van der Waals surface area (Å²) in [6.45, 7) is 0. The number of benzene rings is 3. The summed E-state index contributed by atoms with van der Waals surface area (Å²) < 4.78 is 0. The summed E-state index contributed by atoms with van der Waals surface area (Å²) in [6, 6.07) is 23.2. The van der Waals surface area contributed by atoms with Gasteiger partial charge < -0.3 is 9.97 Å². The van der Waals surface area contributed by atoms with Crippen LogP contribution < -0.4 is 5.32 Å². The molecule has 0 spiro atoms. The highest BCUT2D eigenvalue weighted by molar-refractivity contribution is 6.18. The minimum absolute atomic E-state index is 0.347. The molecule has 5 nitrogen and oxygen atoms in total. The van der Waals surface area contributed by atoms with Crippen LogP contribution in [0.25, 0.3) is 21.8 Å². The van der Waals surface area contributed by atoms with Gasteiger partial charge in [0.05, 0.1) is 0 Å². The summed E-state index contributed by atoms with van der Waals surface area (Å²) in [4.78, 5) is 33.1. The topological polar surface area (TPSA) is 77.8 Å². The Kier molecular flexibility index (Phi) is 3.33. The van der Waals surface area contributed by atoms with Crippen molar-refractivity contribution in [3.8, 4) is 0 Å². The summed E-state index contributed by atoms with van der Waals surface area (Å²) in [6.07, 6.45) is 3.77. The van der Waals surface area contributed by atoms with Crippen LogP contribution in [0.2, 0.25) is 0 Å². The minimum Gasteiger partial charge on any atom is -0.361 e. The Morgan fingerprint density at radius 3 is 1.77 bits per heavy atom. The van der Waals surface area contributed by atoms with Gasteiger partial charge in [-0.15, -0.1) is 0 Å². The van der Waals surface area contributed by atoms with Gasteiger partial charge in [-0.1, -0.05) is 54.6 Å². The van der Waals surface area contributed by atoms with Gasteiger partial charge in [0, 0.05) is 50.9 Å². The SMILES string of the molecule is O=C1NC(=O)C(c2c[nH]c3ccccc23)(c2c[nH]c3ccccc23)c2ccccc21. The average Bonchev–Trinajstić information content (AvgIpc) is 3.40. The molecule has 3 aromatic carbocycles. The number of carbonyl (C=O) groups is 2. The van der Waals surface area contributed by atoms with Gasteiger partial charge in [0.1, 0.15) is 5.41 Å². The molecular weight excluding hydrogens is 374 g/mol. The van der Waals surface area contributed by atoms with Crippen LogP contribution in [-0.2, 0) is 10.2 Å². The lowest BCUT2D eigenvalue weighted by atomic mass is 9.65. The third-order valence-corrected chi connectivity index (χ3v) is 6.13. The van der Waals surface area contributed by atoms with Gasteiger partial charge in [-0.05, 0) is 23.8 Å². The van der Waals surface area contributed by atoms with E-state index in [0.717, 1.165) is 32.9 Å². The number of H-pyrrole nitrogens is 2. The van der Waals surface area contributed by atoms with Crippen molar-refractivity contribution in [3.05, 3.63) is 107 Å². The number of aromatic amines is 2. The third-order valence-electron chi connectivity index (χ3n) is 6.13. The largest absolute Gasteiger partial charge is 0.361 e. The predicted octanol–water partition coefficient (Wildman–Crippen LogP) is 4.25. The molecule has 2 amide bonds. The molecule has 2 aromatic heterocycles. The number of amides is 2. The fourth-order valence-corrected chi connectivity index (χ4v) is 4.84. The third kappa shape index (κ3) is 2.01. The molecule has 0 radical (unpaired) electrons. The maximum Gasteiger partial charge on any atom is 0.258 e. The van der Waals surface area contributed by atoms with Gasteiger partial charge in [-0.3, -0.25) is 14.9 Å². The van der Waals surface area contributed by atoms with Crippen LogP contribution >= 0.6 is 0 Å². The van der Waals surface area contributed by atoms with E-state index in [4.69, 9.17) is 0 Å². The molecule has 144 valence electrons. The van der Waals surface area contributed by atoms with E-state index in [9.17, 15) is 9.59 Å². The molecule has 0 fully saturated rings. The Bertz CT molecular complexity index is 1400. The van der Waals surface area contributed by atoms with Gasteiger partial charge >= 0.3 is 0 Å². The zero-order chi connectivity index (χ0) is 20.3. The predicted molar refractivity (Wildman–Crippen MR) is 115 cm³/mol. The fraction of sp³-hybridized carbons (Fsp3) is 0.0400. The molecule has 1 aliphatic heterocycles. The van der Waals surface area contributed by atoms with Gasteiger partial charge in [-0.2, -0.15) is 0 Å². The van der Waals surface area contributed by atoms with Crippen LogP contribution in [0.3, 0.4) is 0 Å². The number of hydrogen-bond donors (Lipinski definition) is 3. The molecule has 30 heavy (non-hydrogen) atoms. The first-order valence-corrected chi connectivity index (χ1v) is 9.79. The van der Waals surface area contributed by atoms with Crippen molar-refractivity contribution in [2.75, 3.05) is 0 Å². The summed E-state index contributed by atoms with van der Waals surface area (Å²) in [7, 11) is 0. The van der Waals surface area contributed by atoms with Crippen LogP contribution in [-0.4, -0.2) is 21.8 Å². The van der Waals surface area contributed by atoms with E-state index in [1.807, 2.05) is 79.1 Å². The molecule has 1 aliphatic rings. The zero-order valence-corrected chi connectivity index (χ0v) is 15.9. The van der Waals surface area contributed by atoms with E-state index < -0.39 is 5.41 Å². The van der Waals surface area contributed by atoms with Gasteiger partial charge in [0.2, 0.25) is 5.91 Å². The fourth-order valence-electron chi connectivity index (χ4n) is 4.84. The zero-order valence-electron chi connectivity index (χ0n) is 15.9. The Morgan fingerprint density at radius 2 is 1.13 bits per heavy atom. The van der Waals surface area contributed by atoms with Crippen LogP contribution in [0, 0.1) is 0 Å². The number of carbonyl (C=O) groups excluding carboxylic acids is 2. The first-order chi connectivity index (χ1) is 14.7. The van der Waals surface area contributed by atoms with E-state index in [1.165, 1.54) is 0 Å². The lowest BCUT2D eigenvalue weighted by molar-refractivity contribution is -0.123. The lowest BCUT2D eigenvalue weighted by Gasteiger charge is -2.37. The molecule has 6 rings (SSSR count). The molecule has 0 bridgehead atoms. The molecule has 0 saturated carbocycles. The molecule has 0 unspecified atom stereocenters. The number of fused-ring (bicyclic) bond motifs is 3. The van der Waals surface area contributed by atoms with Crippen molar-refractivity contribution in [1.82, 2.24) is 15.3 Å². The summed E-state index contributed by atoms with van der Waals surface area (Å²) in [5.74, 6) is -0.716. The number of rotatable bonds is 2. The van der Waals surface area contributed by atoms with E-state index in [2.05, 4.69) is 15.3 Å². The van der Waals surface area contributed by atoms with Crippen LogP contribution in [0.1, 0.15) is 27.0 Å². The molecule has 0 aliphatic carbocycles. The second-order valence-electron chi connectivity index (χ2n) is 7.57. The van der Waals surface area contributed by atoms with Crippen molar-refractivity contribution in [1.29, 1.82) is 0 Å². The molecule has 0 atom stereocenters. The smallest absolute Gasteiger partial charge is 0.258 e. The number of imide groups is 1. The second-order valence-corrected chi connectivity index (χ2v) is 7.57. The monoisotopic (exact) mass is 391 g/mol. The number of hydrogen-bond acceptors (Lipinski definition) is 2. The maximum atomic E-state index is 13.8. The highest BCUT2D eigenvalue weighted by Gasteiger charge is 2.51. The maximum absolute atomic E-state index is 13.8. The van der Waals surface area contributed by atoms with Gasteiger partial charge in [0.25, 0.3) is 5.91 Å². The Labute approximate surface area is 171 Å². The van der Waals surface area contributed by atoms with Crippen molar-refractivity contribution >= 4 is 33.6 Å². The van der Waals surface area contributed by atoms with Gasteiger partial charge in [-0.25, -0.2) is 0 Å². The van der Waals surface area contributed by atoms with E-state index >= 15 is 0 Å². The van der Waals surface area contributed by atoms with Gasteiger partial charge in [0.15, 0.2) is 0 Å². The van der Waals surface area contributed by atoms with Crippen molar-refractivity contribution in [3.63, 3.8) is 0 Å². The normalized spacial score (nSPS) is 15.3. The van der Waals surface area contributed by atoms with E-state index in [-0.39, 0.29) is 11.8 Å². The van der Waals surface area contributed by atoms with Crippen LogP contribution in [0.15, 0.2) is 85.2 Å². The highest BCUT2D eigenvalue weighted by Crippen LogP contribution is 2.47.